The second-order valence-corrected chi connectivity index (χ2v) is 4.80. The van der Waals surface area contributed by atoms with Crippen LogP contribution in [0, 0.1) is 13.8 Å². The molecule has 3 nitrogen and oxygen atoms in total. The molecule has 1 aromatic heterocycles. The maximum Gasteiger partial charge on any atom is 0.0663 e. The molecule has 0 aliphatic carbocycles. The van der Waals surface area contributed by atoms with E-state index < -0.39 is 0 Å². The van der Waals surface area contributed by atoms with E-state index in [1.165, 1.54) is 0 Å². The summed E-state index contributed by atoms with van der Waals surface area (Å²) in [5.41, 5.74) is 4.25. The Kier molecular flexibility index (Phi) is 4.04. The van der Waals surface area contributed by atoms with Crippen LogP contribution in [0.15, 0.2) is 24.3 Å². The lowest BCUT2D eigenvalue weighted by Gasteiger charge is -2.09. The molecule has 2 rings (SSSR count). The molecule has 1 N–H and O–H groups in total. The first-order valence-electron chi connectivity index (χ1n) is 6.14. The van der Waals surface area contributed by atoms with Gasteiger partial charge in [0.25, 0.3) is 0 Å². The molecule has 96 valence electrons. The summed E-state index contributed by atoms with van der Waals surface area (Å²) in [6, 6.07) is 8.13. The Morgan fingerprint density at radius 2 is 2.06 bits per heavy atom. The molecule has 1 aromatic carbocycles. The number of halogens is 1. The zero-order chi connectivity index (χ0) is 13.1. The van der Waals surface area contributed by atoms with E-state index in [0.29, 0.717) is 0 Å². The Bertz CT molecular complexity index is 546. The van der Waals surface area contributed by atoms with E-state index in [1.807, 2.05) is 24.6 Å². The average Bonchev–Trinajstić information content (AvgIpc) is 2.67. The van der Waals surface area contributed by atoms with Gasteiger partial charge >= 0.3 is 0 Å². The van der Waals surface area contributed by atoms with Crippen LogP contribution in [0.2, 0.25) is 5.02 Å². The van der Waals surface area contributed by atoms with Gasteiger partial charge in [0.05, 0.1) is 11.4 Å². The first-order chi connectivity index (χ1) is 8.61. The smallest absolute Gasteiger partial charge is 0.0663 e. The van der Waals surface area contributed by atoms with Gasteiger partial charge in [-0.2, -0.15) is 5.10 Å². The van der Waals surface area contributed by atoms with Crippen molar-refractivity contribution in [2.24, 2.45) is 0 Å². The lowest BCUT2D eigenvalue weighted by molar-refractivity contribution is 0.726. The maximum absolute atomic E-state index is 6.29. The summed E-state index contributed by atoms with van der Waals surface area (Å²) in [6.07, 6.45) is 0. The molecular weight excluding hydrogens is 246 g/mol. The predicted molar refractivity (Wildman–Crippen MR) is 75.4 cm³/mol. The summed E-state index contributed by atoms with van der Waals surface area (Å²) in [5.74, 6) is 0. The minimum atomic E-state index is 0.779. The molecule has 0 unspecified atom stereocenters. The molecule has 2 aromatic rings. The number of rotatable bonds is 4. The van der Waals surface area contributed by atoms with Gasteiger partial charge in [0.1, 0.15) is 0 Å². The Labute approximate surface area is 113 Å². The van der Waals surface area contributed by atoms with Gasteiger partial charge in [-0.3, -0.25) is 0 Å². The third-order valence-corrected chi connectivity index (χ3v) is 3.21. The van der Waals surface area contributed by atoms with E-state index in [2.05, 4.69) is 35.5 Å². The second kappa shape index (κ2) is 5.55. The summed E-state index contributed by atoms with van der Waals surface area (Å²) in [4.78, 5) is 0. The molecule has 18 heavy (non-hydrogen) atoms. The summed E-state index contributed by atoms with van der Waals surface area (Å²) < 4.78 is 1.91. The fourth-order valence-electron chi connectivity index (χ4n) is 1.96. The highest BCUT2D eigenvalue weighted by Crippen LogP contribution is 2.21. The fourth-order valence-corrected chi connectivity index (χ4v) is 2.20. The van der Waals surface area contributed by atoms with Gasteiger partial charge in [-0.15, -0.1) is 0 Å². The monoisotopic (exact) mass is 263 g/mol. The first kappa shape index (κ1) is 13.1. The zero-order valence-corrected chi connectivity index (χ0v) is 11.8. The molecule has 0 amide bonds. The van der Waals surface area contributed by atoms with Crippen LogP contribution in [0.3, 0.4) is 0 Å². The number of nitrogens with one attached hydrogen (secondary N) is 1. The third kappa shape index (κ3) is 2.74. The van der Waals surface area contributed by atoms with Gasteiger partial charge in [0, 0.05) is 17.3 Å². The van der Waals surface area contributed by atoms with E-state index in [9.17, 15) is 0 Å². The van der Waals surface area contributed by atoms with Crippen molar-refractivity contribution in [2.75, 3.05) is 6.54 Å². The van der Waals surface area contributed by atoms with Crippen LogP contribution in [-0.2, 0) is 6.54 Å². The van der Waals surface area contributed by atoms with Gasteiger partial charge in [0.15, 0.2) is 0 Å². The van der Waals surface area contributed by atoms with Gasteiger partial charge in [0.2, 0.25) is 0 Å². The third-order valence-electron chi connectivity index (χ3n) is 2.86. The molecule has 0 bridgehead atoms. The van der Waals surface area contributed by atoms with Crippen molar-refractivity contribution in [3.63, 3.8) is 0 Å². The minimum Gasteiger partial charge on any atom is -0.313 e. The van der Waals surface area contributed by atoms with Crippen molar-refractivity contribution in [3.8, 4) is 5.69 Å². The van der Waals surface area contributed by atoms with Crippen LogP contribution in [0.1, 0.15) is 23.9 Å². The zero-order valence-electron chi connectivity index (χ0n) is 11.0. The lowest BCUT2D eigenvalue weighted by atomic mass is 10.2. The van der Waals surface area contributed by atoms with E-state index in [1.54, 1.807) is 0 Å². The molecule has 0 fully saturated rings. The highest BCUT2D eigenvalue weighted by atomic mass is 35.5. The first-order valence-corrected chi connectivity index (χ1v) is 6.52. The van der Waals surface area contributed by atoms with Crippen LogP contribution in [0.5, 0.6) is 0 Å². The van der Waals surface area contributed by atoms with E-state index in [0.717, 1.165) is 40.8 Å². The van der Waals surface area contributed by atoms with Crippen molar-refractivity contribution in [1.82, 2.24) is 15.1 Å². The highest BCUT2D eigenvalue weighted by Gasteiger charge is 2.06. The normalized spacial score (nSPS) is 10.9. The van der Waals surface area contributed by atoms with Crippen LogP contribution in [0.25, 0.3) is 5.69 Å². The minimum absolute atomic E-state index is 0.779. The molecule has 0 radical (unpaired) electrons. The predicted octanol–water partition coefficient (Wildman–Crippen LogP) is 3.25. The van der Waals surface area contributed by atoms with E-state index in [-0.39, 0.29) is 0 Å². The lowest BCUT2D eigenvalue weighted by Crippen LogP contribution is -2.12. The Balaban J connectivity index is 2.31. The topological polar surface area (TPSA) is 29.9 Å². The maximum atomic E-state index is 6.29. The summed E-state index contributed by atoms with van der Waals surface area (Å²) in [5, 5.41) is 8.51. The van der Waals surface area contributed by atoms with E-state index in [4.69, 9.17) is 11.6 Å². The van der Waals surface area contributed by atoms with Crippen molar-refractivity contribution in [2.45, 2.75) is 27.3 Å². The average molecular weight is 264 g/mol. The second-order valence-electron chi connectivity index (χ2n) is 4.39. The SMILES string of the molecule is CCNCc1ccc(-n2nc(C)cc2C)cc1Cl. The number of benzene rings is 1. The Hall–Kier alpha value is -1.32. The van der Waals surface area contributed by atoms with Gasteiger partial charge < -0.3 is 5.32 Å². The number of aromatic nitrogens is 2. The molecule has 0 aliphatic rings. The fraction of sp³-hybridized carbons (Fsp3) is 0.357. The molecule has 0 atom stereocenters. The van der Waals surface area contributed by atoms with Crippen molar-refractivity contribution in [3.05, 3.63) is 46.2 Å². The van der Waals surface area contributed by atoms with Gasteiger partial charge in [-0.05, 0) is 44.2 Å². The molecular formula is C14H18ClN3. The van der Waals surface area contributed by atoms with Crippen molar-refractivity contribution < 1.29 is 0 Å². The van der Waals surface area contributed by atoms with Crippen molar-refractivity contribution in [1.29, 1.82) is 0 Å². The quantitative estimate of drug-likeness (QED) is 0.918. The van der Waals surface area contributed by atoms with Gasteiger partial charge in [-0.25, -0.2) is 4.68 Å². The van der Waals surface area contributed by atoms with Crippen molar-refractivity contribution >= 4 is 11.6 Å². The Morgan fingerprint density at radius 1 is 1.28 bits per heavy atom. The van der Waals surface area contributed by atoms with Crippen LogP contribution < -0.4 is 5.32 Å². The number of hydrogen-bond acceptors (Lipinski definition) is 2. The largest absolute Gasteiger partial charge is 0.313 e. The number of hydrogen-bond donors (Lipinski definition) is 1. The summed E-state index contributed by atoms with van der Waals surface area (Å²) in [6.45, 7) is 7.85. The molecule has 4 heteroatoms. The molecule has 0 spiro atoms. The molecule has 1 heterocycles. The van der Waals surface area contributed by atoms with Crippen LogP contribution in [0.4, 0.5) is 0 Å². The summed E-state index contributed by atoms with van der Waals surface area (Å²) >= 11 is 6.29. The molecule has 0 saturated heterocycles. The van der Waals surface area contributed by atoms with Gasteiger partial charge in [-0.1, -0.05) is 24.6 Å². The Morgan fingerprint density at radius 3 is 2.61 bits per heavy atom. The highest BCUT2D eigenvalue weighted by molar-refractivity contribution is 6.31. The standard InChI is InChI=1S/C14H18ClN3/c1-4-16-9-12-5-6-13(8-14(12)15)18-11(3)7-10(2)17-18/h5-8,16H,4,9H2,1-3H3. The summed E-state index contributed by atoms with van der Waals surface area (Å²) in [7, 11) is 0. The van der Waals surface area contributed by atoms with E-state index >= 15 is 0 Å². The molecule has 0 saturated carbocycles. The van der Waals surface area contributed by atoms with Crippen LogP contribution in [-0.4, -0.2) is 16.3 Å². The number of nitrogens with zero attached hydrogens (tertiary/aromatic N) is 2. The number of aryl methyl sites for hydroxylation is 2. The molecule has 0 aliphatic heterocycles. The van der Waals surface area contributed by atoms with Crippen LogP contribution >= 0.6 is 11.6 Å².